The summed E-state index contributed by atoms with van der Waals surface area (Å²) in [5, 5.41) is 2.28. The molecule has 0 atom stereocenters. The van der Waals surface area contributed by atoms with Gasteiger partial charge in [-0.3, -0.25) is 4.79 Å². The van der Waals surface area contributed by atoms with Crippen LogP contribution in [-0.4, -0.2) is 6.41 Å². The van der Waals surface area contributed by atoms with Gasteiger partial charge >= 0.3 is 6.41 Å². The standard InChI is InChI=1S/C5H8NO/c1-5(2)3-6-4-7/h3H,1-2H3,(H,6,7). The fraction of sp³-hybridized carbons (Fsp3) is 0.400. The molecule has 1 amide bonds. The lowest BCUT2D eigenvalue weighted by molar-refractivity contribution is 0.550. The van der Waals surface area contributed by atoms with E-state index in [9.17, 15) is 4.79 Å². The predicted octanol–water partition coefficient (Wildman–Crippen LogP) is 0.567. The van der Waals surface area contributed by atoms with E-state index in [1.807, 2.05) is 13.8 Å². The molecule has 0 rings (SSSR count). The van der Waals surface area contributed by atoms with E-state index in [-0.39, 0.29) is 0 Å². The Balaban J connectivity index is 3.25. The van der Waals surface area contributed by atoms with Gasteiger partial charge in [0.25, 0.3) is 0 Å². The summed E-state index contributed by atoms with van der Waals surface area (Å²) in [6.45, 7) is 3.79. The molecule has 0 aromatic rings. The van der Waals surface area contributed by atoms with Crippen LogP contribution in [0.25, 0.3) is 0 Å². The molecule has 1 N–H and O–H groups in total. The highest BCUT2D eigenvalue weighted by Crippen LogP contribution is 1.80. The summed E-state index contributed by atoms with van der Waals surface area (Å²) in [6.07, 6.45) is 3.11. The van der Waals surface area contributed by atoms with Crippen molar-refractivity contribution in [1.82, 2.24) is 5.32 Å². The van der Waals surface area contributed by atoms with Crippen LogP contribution in [0.5, 0.6) is 0 Å². The van der Waals surface area contributed by atoms with E-state index in [1.54, 1.807) is 6.20 Å². The Labute approximate surface area is 43.2 Å². The van der Waals surface area contributed by atoms with E-state index in [4.69, 9.17) is 0 Å². The zero-order valence-corrected chi connectivity index (χ0v) is 4.49. The van der Waals surface area contributed by atoms with Crippen molar-refractivity contribution in [3.8, 4) is 0 Å². The Morgan fingerprint density at radius 3 is 2.43 bits per heavy atom. The van der Waals surface area contributed by atoms with Crippen molar-refractivity contribution in [2.24, 2.45) is 0 Å². The van der Waals surface area contributed by atoms with Crippen molar-refractivity contribution < 1.29 is 4.79 Å². The molecular weight excluding hydrogens is 90.1 g/mol. The third-order valence-electron chi connectivity index (χ3n) is 0.420. The van der Waals surface area contributed by atoms with Crippen LogP contribution in [0, 0.1) is 0 Å². The summed E-state index contributed by atoms with van der Waals surface area (Å²) in [4.78, 5) is 9.43. The van der Waals surface area contributed by atoms with Crippen molar-refractivity contribution >= 4 is 6.41 Å². The van der Waals surface area contributed by atoms with Gasteiger partial charge in [0.05, 0.1) is 0 Å². The SMILES string of the molecule is CC(C)=CN[C]=O. The quantitative estimate of drug-likeness (QED) is 0.502. The monoisotopic (exact) mass is 98.1 g/mol. The van der Waals surface area contributed by atoms with Crippen LogP contribution >= 0.6 is 0 Å². The summed E-state index contributed by atoms with van der Waals surface area (Å²) in [7, 11) is 0. The second-order valence-corrected chi connectivity index (χ2v) is 1.47. The maximum Gasteiger partial charge on any atom is 0.313 e. The summed E-state index contributed by atoms with van der Waals surface area (Å²) < 4.78 is 0. The van der Waals surface area contributed by atoms with E-state index >= 15 is 0 Å². The molecule has 0 aliphatic heterocycles. The second-order valence-electron chi connectivity index (χ2n) is 1.47. The number of carbonyl (C=O) groups excluding carboxylic acids is 1. The third kappa shape index (κ3) is 5.21. The molecule has 0 aliphatic rings. The van der Waals surface area contributed by atoms with Crippen molar-refractivity contribution in [1.29, 1.82) is 0 Å². The highest BCUT2D eigenvalue weighted by atomic mass is 16.1. The van der Waals surface area contributed by atoms with Gasteiger partial charge in [0.2, 0.25) is 0 Å². The molecule has 0 aromatic heterocycles. The van der Waals surface area contributed by atoms with Crippen LogP contribution in [0.4, 0.5) is 0 Å². The largest absolute Gasteiger partial charge is 0.324 e. The Hall–Kier alpha value is -0.790. The normalized spacial score (nSPS) is 7.14. The first-order chi connectivity index (χ1) is 3.27. The smallest absolute Gasteiger partial charge is 0.313 e. The molecule has 0 aliphatic carbocycles. The zero-order chi connectivity index (χ0) is 5.70. The van der Waals surface area contributed by atoms with E-state index < -0.39 is 0 Å². The molecule has 7 heavy (non-hydrogen) atoms. The third-order valence-corrected chi connectivity index (χ3v) is 0.420. The van der Waals surface area contributed by atoms with E-state index in [1.165, 1.54) is 6.41 Å². The van der Waals surface area contributed by atoms with Crippen molar-refractivity contribution in [3.63, 3.8) is 0 Å². The lowest BCUT2D eigenvalue weighted by Crippen LogP contribution is -1.98. The van der Waals surface area contributed by atoms with Gasteiger partial charge in [-0.2, -0.15) is 0 Å². The molecule has 0 unspecified atom stereocenters. The van der Waals surface area contributed by atoms with Gasteiger partial charge in [-0.25, -0.2) is 0 Å². The molecule has 0 saturated heterocycles. The number of allylic oxidation sites excluding steroid dienone is 1. The minimum absolute atomic E-state index is 1.06. The molecule has 2 heteroatoms. The summed E-state index contributed by atoms with van der Waals surface area (Å²) in [5.41, 5.74) is 1.06. The lowest BCUT2D eigenvalue weighted by atomic mass is 10.4. The molecule has 0 saturated carbocycles. The highest BCUT2D eigenvalue weighted by molar-refractivity contribution is 5.49. The maximum absolute atomic E-state index is 9.43. The number of rotatable bonds is 2. The topological polar surface area (TPSA) is 29.1 Å². The molecule has 39 valence electrons. The average molecular weight is 98.1 g/mol. The van der Waals surface area contributed by atoms with Crippen LogP contribution in [0.15, 0.2) is 11.8 Å². The lowest BCUT2D eigenvalue weighted by Gasteiger charge is -1.82. The Morgan fingerprint density at radius 2 is 2.29 bits per heavy atom. The molecular formula is C5H8NO. The summed E-state index contributed by atoms with van der Waals surface area (Å²) in [6, 6.07) is 0. The van der Waals surface area contributed by atoms with Crippen molar-refractivity contribution in [3.05, 3.63) is 11.8 Å². The summed E-state index contributed by atoms with van der Waals surface area (Å²) in [5.74, 6) is 0. The fourth-order valence-corrected chi connectivity index (χ4v) is 0.174. The van der Waals surface area contributed by atoms with Crippen LogP contribution < -0.4 is 5.32 Å². The minimum atomic E-state index is 1.06. The minimum Gasteiger partial charge on any atom is -0.324 e. The van der Waals surface area contributed by atoms with Crippen LogP contribution in [0.2, 0.25) is 0 Å². The Kier molecular flexibility index (Phi) is 3.02. The van der Waals surface area contributed by atoms with Gasteiger partial charge in [0.15, 0.2) is 0 Å². The van der Waals surface area contributed by atoms with Gasteiger partial charge in [-0.05, 0) is 13.8 Å². The van der Waals surface area contributed by atoms with E-state index in [2.05, 4.69) is 5.32 Å². The fourth-order valence-electron chi connectivity index (χ4n) is 0.174. The number of hydrogen-bond acceptors (Lipinski definition) is 1. The van der Waals surface area contributed by atoms with E-state index in [0.717, 1.165) is 5.57 Å². The molecule has 1 radical (unpaired) electrons. The number of nitrogens with one attached hydrogen (secondary N) is 1. The van der Waals surface area contributed by atoms with Gasteiger partial charge < -0.3 is 5.32 Å². The molecule has 0 spiro atoms. The van der Waals surface area contributed by atoms with Gasteiger partial charge in [0, 0.05) is 6.20 Å². The molecule has 2 nitrogen and oxygen atoms in total. The van der Waals surface area contributed by atoms with E-state index in [0.29, 0.717) is 0 Å². The first-order valence-electron chi connectivity index (χ1n) is 2.03. The first-order valence-corrected chi connectivity index (χ1v) is 2.03. The van der Waals surface area contributed by atoms with Crippen molar-refractivity contribution in [2.45, 2.75) is 13.8 Å². The van der Waals surface area contributed by atoms with Gasteiger partial charge in [-0.1, -0.05) is 5.57 Å². The summed E-state index contributed by atoms with van der Waals surface area (Å²) >= 11 is 0. The van der Waals surface area contributed by atoms with Gasteiger partial charge in [-0.15, -0.1) is 0 Å². The van der Waals surface area contributed by atoms with Crippen LogP contribution in [0.3, 0.4) is 0 Å². The zero-order valence-electron chi connectivity index (χ0n) is 4.49. The highest BCUT2D eigenvalue weighted by Gasteiger charge is 1.70. The molecule has 0 fully saturated rings. The Bertz CT molecular complexity index is 82.1. The molecule has 0 aromatic carbocycles. The molecule has 0 bridgehead atoms. The van der Waals surface area contributed by atoms with Crippen molar-refractivity contribution in [2.75, 3.05) is 0 Å². The Morgan fingerprint density at radius 1 is 1.71 bits per heavy atom. The average Bonchev–Trinajstić information content (AvgIpc) is 1.61. The van der Waals surface area contributed by atoms with Crippen LogP contribution in [-0.2, 0) is 4.79 Å². The molecule has 0 heterocycles. The predicted molar refractivity (Wildman–Crippen MR) is 28.3 cm³/mol. The first kappa shape index (κ1) is 6.21. The number of hydrogen-bond donors (Lipinski definition) is 1. The maximum atomic E-state index is 9.43. The van der Waals surface area contributed by atoms with Gasteiger partial charge in [0.1, 0.15) is 0 Å². The second kappa shape index (κ2) is 3.40. The number of amides is 1. The van der Waals surface area contributed by atoms with Crippen LogP contribution in [0.1, 0.15) is 13.8 Å².